The number of ether oxygens (including phenoxy) is 2. The number of carbonyl (C=O) groups excluding carboxylic acids is 2. The van der Waals surface area contributed by atoms with Crippen molar-refractivity contribution in [3.05, 3.63) is 24.3 Å². The van der Waals surface area contributed by atoms with Gasteiger partial charge in [0.1, 0.15) is 5.60 Å². The van der Waals surface area contributed by atoms with E-state index < -0.39 is 23.2 Å². The van der Waals surface area contributed by atoms with Crippen LogP contribution in [0.4, 0.5) is 4.79 Å². The van der Waals surface area contributed by atoms with Crippen LogP contribution in [0.3, 0.4) is 0 Å². The molecule has 0 saturated carbocycles. The highest BCUT2D eigenvalue weighted by atomic mass is 35.5. The summed E-state index contributed by atoms with van der Waals surface area (Å²) in [5.41, 5.74) is -0.430. The minimum Gasteiger partial charge on any atom is -0.467 e. The standard InChI is InChI=1S/C16H24ClNO4/c1-11(9-17)7-16(13(19)21-6)8-12(2)10-18(16)14(20)22-15(3,4)5/h1-2,7-10H2,3-6H3/t16-/m0/s1. The fourth-order valence-corrected chi connectivity index (χ4v) is 2.65. The third-order valence-electron chi connectivity index (χ3n) is 3.35. The molecule has 5 nitrogen and oxygen atoms in total. The summed E-state index contributed by atoms with van der Waals surface area (Å²) in [7, 11) is 1.29. The Balaban J connectivity index is 3.19. The maximum Gasteiger partial charge on any atom is 0.411 e. The van der Waals surface area contributed by atoms with E-state index in [0.717, 1.165) is 5.57 Å². The smallest absolute Gasteiger partial charge is 0.411 e. The molecule has 0 bridgehead atoms. The summed E-state index contributed by atoms with van der Waals surface area (Å²) >= 11 is 5.80. The predicted octanol–water partition coefficient (Wildman–Crippen LogP) is 3.28. The lowest BCUT2D eigenvalue weighted by molar-refractivity contribution is -0.153. The molecular weight excluding hydrogens is 306 g/mol. The van der Waals surface area contributed by atoms with Gasteiger partial charge in [-0.05, 0) is 20.8 Å². The van der Waals surface area contributed by atoms with E-state index in [0.29, 0.717) is 12.0 Å². The van der Waals surface area contributed by atoms with Crippen LogP contribution >= 0.6 is 11.6 Å². The molecular formula is C16H24ClNO4. The molecule has 1 aliphatic rings. The number of hydrogen-bond acceptors (Lipinski definition) is 4. The number of alkyl halides is 1. The Labute approximate surface area is 136 Å². The summed E-state index contributed by atoms with van der Waals surface area (Å²) in [6, 6.07) is 0. The predicted molar refractivity (Wildman–Crippen MR) is 85.9 cm³/mol. The number of nitrogens with zero attached hydrogens (tertiary/aromatic N) is 1. The van der Waals surface area contributed by atoms with Crippen molar-refractivity contribution in [2.75, 3.05) is 19.5 Å². The summed E-state index contributed by atoms with van der Waals surface area (Å²) < 4.78 is 10.3. The zero-order chi connectivity index (χ0) is 17.1. The molecule has 6 heteroatoms. The van der Waals surface area contributed by atoms with Crippen molar-refractivity contribution in [3.63, 3.8) is 0 Å². The maximum absolute atomic E-state index is 12.5. The van der Waals surface area contributed by atoms with E-state index in [2.05, 4.69) is 13.2 Å². The summed E-state index contributed by atoms with van der Waals surface area (Å²) in [6.45, 7) is 13.3. The summed E-state index contributed by atoms with van der Waals surface area (Å²) in [5, 5.41) is 0. The molecule has 0 aromatic rings. The van der Waals surface area contributed by atoms with E-state index in [1.807, 2.05) is 0 Å². The Kier molecular flexibility index (Phi) is 5.68. The topological polar surface area (TPSA) is 55.8 Å². The number of hydrogen-bond donors (Lipinski definition) is 0. The molecule has 22 heavy (non-hydrogen) atoms. The van der Waals surface area contributed by atoms with E-state index in [4.69, 9.17) is 21.1 Å². The van der Waals surface area contributed by atoms with Crippen molar-refractivity contribution in [2.24, 2.45) is 0 Å². The Morgan fingerprint density at radius 1 is 1.41 bits per heavy atom. The van der Waals surface area contributed by atoms with Gasteiger partial charge in [0.2, 0.25) is 0 Å². The average molecular weight is 330 g/mol. The lowest BCUT2D eigenvalue weighted by Crippen LogP contribution is -2.55. The number of carbonyl (C=O) groups is 2. The van der Waals surface area contributed by atoms with Crippen molar-refractivity contribution in [2.45, 2.75) is 44.8 Å². The SMILES string of the molecule is C=C(CCl)C[C@@]1(C(=O)OC)CC(=C)CN1C(=O)OC(C)(C)C. The number of methoxy groups -OCH3 is 1. The highest BCUT2D eigenvalue weighted by molar-refractivity contribution is 6.19. The molecule has 0 unspecified atom stereocenters. The van der Waals surface area contributed by atoms with Crippen LogP contribution in [0.25, 0.3) is 0 Å². The number of halogens is 1. The molecule has 0 N–H and O–H groups in total. The van der Waals surface area contributed by atoms with Crippen LogP contribution in [-0.4, -0.2) is 47.6 Å². The molecule has 1 atom stereocenters. The van der Waals surface area contributed by atoms with Crippen LogP contribution in [-0.2, 0) is 14.3 Å². The van der Waals surface area contributed by atoms with Crippen LogP contribution in [0.5, 0.6) is 0 Å². The normalized spacial score (nSPS) is 21.7. The molecule has 1 saturated heterocycles. The fraction of sp³-hybridized carbons (Fsp3) is 0.625. The van der Waals surface area contributed by atoms with Crippen molar-refractivity contribution in [3.8, 4) is 0 Å². The Bertz CT molecular complexity index is 495. The molecule has 1 fully saturated rings. The van der Waals surface area contributed by atoms with Gasteiger partial charge in [-0.25, -0.2) is 9.59 Å². The summed E-state index contributed by atoms with van der Waals surface area (Å²) in [4.78, 5) is 26.3. The van der Waals surface area contributed by atoms with Crippen LogP contribution in [0.2, 0.25) is 0 Å². The minimum absolute atomic E-state index is 0.202. The molecule has 0 spiro atoms. The van der Waals surface area contributed by atoms with E-state index in [1.54, 1.807) is 20.8 Å². The first-order valence-corrected chi connectivity index (χ1v) is 7.57. The molecule has 1 amide bonds. The van der Waals surface area contributed by atoms with E-state index >= 15 is 0 Å². The second-order valence-corrected chi connectivity index (χ2v) is 6.84. The van der Waals surface area contributed by atoms with E-state index in [1.165, 1.54) is 12.0 Å². The van der Waals surface area contributed by atoms with Gasteiger partial charge in [0.25, 0.3) is 0 Å². The third-order valence-corrected chi connectivity index (χ3v) is 3.73. The van der Waals surface area contributed by atoms with Crippen molar-refractivity contribution < 1.29 is 19.1 Å². The van der Waals surface area contributed by atoms with Gasteiger partial charge in [-0.1, -0.05) is 24.3 Å². The van der Waals surface area contributed by atoms with Crippen molar-refractivity contribution >= 4 is 23.7 Å². The first-order chi connectivity index (χ1) is 10.1. The average Bonchev–Trinajstić information content (AvgIpc) is 2.73. The Morgan fingerprint density at radius 2 is 2.00 bits per heavy atom. The van der Waals surface area contributed by atoms with Gasteiger partial charge in [0, 0.05) is 25.3 Å². The molecule has 0 aromatic heterocycles. The maximum atomic E-state index is 12.5. The third kappa shape index (κ3) is 4.03. The molecule has 0 radical (unpaired) electrons. The molecule has 1 rings (SSSR count). The zero-order valence-corrected chi connectivity index (χ0v) is 14.5. The monoisotopic (exact) mass is 329 g/mol. The summed E-state index contributed by atoms with van der Waals surface area (Å²) in [6.07, 6.45) is -0.0325. The van der Waals surface area contributed by atoms with Gasteiger partial charge in [0.15, 0.2) is 5.54 Å². The lowest BCUT2D eigenvalue weighted by Gasteiger charge is -2.36. The quantitative estimate of drug-likeness (QED) is 0.451. The van der Waals surface area contributed by atoms with Crippen LogP contribution < -0.4 is 0 Å². The van der Waals surface area contributed by atoms with Crippen LogP contribution in [0.15, 0.2) is 24.3 Å². The van der Waals surface area contributed by atoms with Gasteiger partial charge < -0.3 is 9.47 Å². The van der Waals surface area contributed by atoms with Crippen molar-refractivity contribution in [1.29, 1.82) is 0 Å². The molecule has 0 aliphatic carbocycles. The number of amides is 1. The molecule has 1 heterocycles. The second kappa shape index (κ2) is 6.73. The fourth-order valence-electron chi connectivity index (χ4n) is 2.56. The van der Waals surface area contributed by atoms with Gasteiger partial charge in [0.05, 0.1) is 7.11 Å². The number of esters is 1. The van der Waals surface area contributed by atoms with E-state index in [9.17, 15) is 9.59 Å². The second-order valence-electron chi connectivity index (χ2n) is 6.58. The molecule has 1 aliphatic heterocycles. The van der Waals surface area contributed by atoms with Crippen molar-refractivity contribution in [1.82, 2.24) is 4.90 Å². The number of likely N-dealkylation sites (tertiary alicyclic amines) is 1. The van der Waals surface area contributed by atoms with E-state index in [-0.39, 0.29) is 18.8 Å². The summed E-state index contributed by atoms with van der Waals surface area (Å²) in [5.74, 6) is -0.309. The zero-order valence-electron chi connectivity index (χ0n) is 13.7. The first kappa shape index (κ1) is 18.6. The van der Waals surface area contributed by atoms with Gasteiger partial charge in [-0.3, -0.25) is 4.90 Å². The van der Waals surface area contributed by atoms with Gasteiger partial charge >= 0.3 is 12.1 Å². The first-order valence-electron chi connectivity index (χ1n) is 7.04. The molecule has 124 valence electrons. The van der Waals surface area contributed by atoms with Crippen LogP contribution in [0.1, 0.15) is 33.6 Å². The highest BCUT2D eigenvalue weighted by Gasteiger charge is 2.53. The number of rotatable bonds is 4. The Hall–Kier alpha value is -1.49. The van der Waals surface area contributed by atoms with Gasteiger partial charge in [-0.15, -0.1) is 11.6 Å². The highest BCUT2D eigenvalue weighted by Crippen LogP contribution is 2.39. The van der Waals surface area contributed by atoms with Gasteiger partial charge in [-0.2, -0.15) is 0 Å². The Morgan fingerprint density at radius 3 is 2.45 bits per heavy atom. The largest absolute Gasteiger partial charge is 0.467 e. The lowest BCUT2D eigenvalue weighted by atomic mass is 9.88. The molecule has 0 aromatic carbocycles. The van der Waals surface area contributed by atoms with Crippen LogP contribution in [0, 0.1) is 0 Å². The minimum atomic E-state index is -1.18.